The highest BCUT2D eigenvalue weighted by molar-refractivity contribution is 9.10. The fourth-order valence-corrected chi connectivity index (χ4v) is 2.55. The van der Waals surface area contributed by atoms with E-state index in [0.717, 1.165) is 28.0 Å². The molecule has 0 fully saturated rings. The van der Waals surface area contributed by atoms with Crippen LogP contribution in [0.3, 0.4) is 0 Å². The Morgan fingerprint density at radius 3 is 2.62 bits per heavy atom. The molecule has 0 aliphatic carbocycles. The van der Waals surface area contributed by atoms with E-state index in [1.165, 1.54) is 0 Å². The lowest BCUT2D eigenvalue weighted by molar-refractivity contribution is -0.121. The van der Waals surface area contributed by atoms with Crippen LogP contribution in [0.1, 0.15) is 18.4 Å². The van der Waals surface area contributed by atoms with Crippen LogP contribution >= 0.6 is 15.9 Å². The Balaban J connectivity index is 1.60. The molecule has 1 amide bonds. The first-order valence-corrected chi connectivity index (χ1v) is 8.75. The molecule has 2 aromatic carbocycles. The minimum atomic E-state index is 0.0457. The highest BCUT2D eigenvalue weighted by atomic mass is 79.9. The van der Waals surface area contributed by atoms with Gasteiger partial charge in [-0.1, -0.05) is 34.1 Å². The molecule has 4 nitrogen and oxygen atoms in total. The zero-order valence-corrected chi connectivity index (χ0v) is 15.3. The van der Waals surface area contributed by atoms with E-state index in [1.54, 1.807) is 7.11 Å². The van der Waals surface area contributed by atoms with Gasteiger partial charge < -0.3 is 14.8 Å². The SMILES string of the molecule is COc1ccccc1CCNC(=O)CCCOc1ccc(Br)cc1. The van der Waals surface area contributed by atoms with Gasteiger partial charge in [0.05, 0.1) is 13.7 Å². The van der Waals surface area contributed by atoms with Gasteiger partial charge in [-0.15, -0.1) is 0 Å². The summed E-state index contributed by atoms with van der Waals surface area (Å²) < 4.78 is 11.9. The van der Waals surface area contributed by atoms with E-state index in [9.17, 15) is 4.79 Å². The monoisotopic (exact) mass is 391 g/mol. The van der Waals surface area contributed by atoms with Gasteiger partial charge in [-0.25, -0.2) is 0 Å². The van der Waals surface area contributed by atoms with Crippen molar-refractivity contribution in [2.24, 2.45) is 0 Å². The number of hydrogen-bond donors (Lipinski definition) is 1. The summed E-state index contributed by atoms with van der Waals surface area (Å²) in [4.78, 5) is 11.8. The highest BCUT2D eigenvalue weighted by Crippen LogP contribution is 2.17. The molecule has 0 aromatic heterocycles. The predicted molar refractivity (Wildman–Crippen MR) is 98.6 cm³/mol. The number of amides is 1. The summed E-state index contributed by atoms with van der Waals surface area (Å²) >= 11 is 3.38. The van der Waals surface area contributed by atoms with E-state index in [2.05, 4.69) is 21.2 Å². The Kier molecular flexibility index (Phi) is 7.62. The van der Waals surface area contributed by atoms with Crippen LogP contribution < -0.4 is 14.8 Å². The van der Waals surface area contributed by atoms with Crippen molar-refractivity contribution >= 4 is 21.8 Å². The molecule has 0 spiro atoms. The number of carbonyl (C=O) groups is 1. The Bertz CT molecular complexity index is 643. The maximum absolute atomic E-state index is 11.8. The standard InChI is InChI=1S/C19H22BrNO3/c1-23-18-6-3-2-5-15(18)12-13-21-19(22)7-4-14-24-17-10-8-16(20)9-11-17/h2-3,5-6,8-11H,4,7,12-14H2,1H3,(H,21,22). The summed E-state index contributed by atoms with van der Waals surface area (Å²) in [6, 6.07) is 15.5. The molecule has 5 heteroatoms. The first kappa shape index (κ1) is 18.3. The van der Waals surface area contributed by atoms with Gasteiger partial charge in [0, 0.05) is 17.4 Å². The fourth-order valence-electron chi connectivity index (χ4n) is 2.29. The topological polar surface area (TPSA) is 47.6 Å². The normalized spacial score (nSPS) is 10.2. The average molecular weight is 392 g/mol. The van der Waals surface area contributed by atoms with Gasteiger partial charge in [0.15, 0.2) is 0 Å². The third kappa shape index (κ3) is 6.24. The van der Waals surface area contributed by atoms with Gasteiger partial charge in [0.1, 0.15) is 11.5 Å². The zero-order valence-electron chi connectivity index (χ0n) is 13.8. The van der Waals surface area contributed by atoms with Crippen LogP contribution in [0.4, 0.5) is 0 Å². The molecule has 1 N–H and O–H groups in total. The summed E-state index contributed by atoms with van der Waals surface area (Å²) in [5, 5.41) is 2.93. The smallest absolute Gasteiger partial charge is 0.220 e. The van der Waals surface area contributed by atoms with E-state index >= 15 is 0 Å². The van der Waals surface area contributed by atoms with Crippen LogP contribution in [-0.2, 0) is 11.2 Å². The molecular formula is C19H22BrNO3. The largest absolute Gasteiger partial charge is 0.496 e. The van der Waals surface area contributed by atoms with Crippen LogP contribution in [0.5, 0.6) is 11.5 Å². The maximum Gasteiger partial charge on any atom is 0.220 e. The molecule has 0 atom stereocenters. The number of para-hydroxylation sites is 1. The number of nitrogens with one attached hydrogen (secondary N) is 1. The molecule has 0 radical (unpaired) electrons. The van der Waals surface area contributed by atoms with Crippen molar-refractivity contribution in [1.82, 2.24) is 5.32 Å². The first-order valence-electron chi connectivity index (χ1n) is 7.96. The Hall–Kier alpha value is -2.01. The van der Waals surface area contributed by atoms with Gasteiger partial charge in [-0.3, -0.25) is 4.79 Å². The third-order valence-electron chi connectivity index (χ3n) is 3.54. The second-order valence-corrected chi connectivity index (χ2v) is 6.23. The summed E-state index contributed by atoms with van der Waals surface area (Å²) in [5.41, 5.74) is 1.10. The molecule has 0 saturated carbocycles. The lowest BCUT2D eigenvalue weighted by Crippen LogP contribution is -2.25. The van der Waals surface area contributed by atoms with Crippen LogP contribution in [0.2, 0.25) is 0 Å². The minimum absolute atomic E-state index is 0.0457. The number of carbonyl (C=O) groups excluding carboxylic acids is 1. The number of halogens is 1. The highest BCUT2D eigenvalue weighted by Gasteiger charge is 2.04. The second kappa shape index (κ2) is 9.98. The number of ether oxygens (including phenoxy) is 2. The lowest BCUT2D eigenvalue weighted by Gasteiger charge is -2.09. The van der Waals surface area contributed by atoms with Crippen molar-refractivity contribution in [2.45, 2.75) is 19.3 Å². The zero-order chi connectivity index (χ0) is 17.2. The summed E-state index contributed by atoms with van der Waals surface area (Å²) in [6.45, 7) is 1.13. The number of methoxy groups -OCH3 is 1. The summed E-state index contributed by atoms with van der Waals surface area (Å²) in [6.07, 6.45) is 1.91. The first-order chi connectivity index (χ1) is 11.7. The van der Waals surface area contributed by atoms with Gasteiger partial charge in [-0.05, 0) is 48.7 Å². The number of rotatable bonds is 9. The summed E-state index contributed by atoms with van der Waals surface area (Å²) in [7, 11) is 1.66. The third-order valence-corrected chi connectivity index (χ3v) is 4.07. The molecule has 0 bridgehead atoms. The maximum atomic E-state index is 11.8. The van der Waals surface area contributed by atoms with Gasteiger partial charge in [0.2, 0.25) is 5.91 Å². The molecule has 0 saturated heterocycles. The Morgan fingerprint density at radius 2 is 1.88 bits per heavy atom. The van der Waals surface area contributed by atoms with E-state index < -0.39 is 0 Å². The van der Waals surface area contributed by atoms with E-state index in [-0.39, 0.29) is 5.91 Å². The molecule has 128 valence electrons. The number of benzene rings is 2. The minimum Gasteiger partial charge on any atom is -0.496 e. The average Bonchev–Trinajstić information content (AvgIpc) is 2.60. The van der Waals surface area contributed by atoms with Gasteiger partial charge >= 0.3 is 0 Å². The van der Waals surface area contributed by atoms with E-state index in [4.69, 9.17) is 9.47 Å². The summed E-state index contributed by atoms with van der Waals surface area (Å²) in [5.74, 6) is 1.72. The lowest BCUT2D eigenvalue weighted by atomic mass is 10.1. The van der Waals surface area contributed by atoms with Crippen molar-refractivity contribution in [3.8, 4) is 11.5 Å². The quantitative estimate of drug-likeness (QED) is 0.657. The van der Waals surface area contributed by atoms with Crippen molar-refractivity contribution in [1.29, 1.82) is 0 Å². The molecule has 0 unspecified atom stereocenters. The van der Waals surface area contributed by atoms with E-state index in [0.29, 0.717) is 26.0 Å². The van der Waals surface area contributed by atoms with Crippen LogP contribution in [0.25, 0.3) is 0 Å². The van der Waals surface area contributed by atoms with Crippen LogP contribution in [0.15, 0.2) is 53.0 Å². The van der Waals surface area contributed by atoms with Gasteiger partial charge in [-0.2, -0.15) is 0 Å². The molecule has 0 heterocycles. The predicted octanol–water partition coefficient (Wildman–Crippen LogP) is 3.98. The van der Waals surface area contributed by atoms with Crippen molar-refractivity contribution in [3.63, 3.8) is 0 Å². The molecule has 0 aliphatic rings. The molecule has 2 aromatic rings. The van der Waals surface area contributed by atoms with E-state index in [1.807, 2.05) is 48.5 Å². The van der Waals surface area contributed by atoms with Crippen LogP contribution in [-0.4, -0.2) is 26.2 Å². The van der Waals surface area contributed by atoms with Gasteiger partial charge in [0.25, 0.3) is 0 Å². The molecule has 2 rings (SSSR count). The van der Waals surface area contributed by atoms with Crippen LogP contribution in [0, 0.1) is 0 Å². The van der Waals surface area contributed by atoms with Crippen molar-refractivity contribution in [2.75, 3.05) is 20.3 Å². The Labute approximate surface area is 151 Å². The number of hydrogen-bond acceptors (Lipinski definition) is 3. The molecule has 0 aliphatic heterocycles. The second-order valence-electron chi connectivity index (χ2n) is 5.32. The Morgan fingerprint density at radius 1 is 1.12 bits per heavy atom. The fraction of sp³-hybridized carbons (Fsp3) is 0.316. The molecular weight excluding hydrogens is 370 g/mol. The van der Waals surface area contributed by atoms with Crippen molar-refractivity contribution < 1.29 is 14.3 Å². The molecule has 24 heavy (non-hydrogen) atoms. The van der Waals surface area contributed by atoms with Crippen molar-refractivity contribution in [3.05, 3.63) is 58.6 Å².